The summed E-state index contributed by atoms with van der Waals surface area (Å²) in [5.41, 5.74) is 1.58. The van der Waals surface area contributed by atoms with E-state index in [9.17, 15) is 9.90 Å². The Balaban J connectivity index is 1.82. The molecule has 5 heteroatoms. The van der Waals surface area contributed by atoms with Gasteiger partial charge in [-0.25, -0.2) is 4.79 Å². The van der Waals surface area contributed by atoms with Gasteiger partial charge in [-0.2, -0.15) is 11.8 Å². The second-order valence-corrected chi connectivity index (χ2v) is 6.40. The minimum atomic E-state index is -0.486. The zero-order valence-electron chi connectivity index (χ0n) is 11.9. The lowest BCUT2D eigenvalue weighted by molar-refractivity contribution is 0.199. The van der Waals surface area contributed by atoms with Gasteiger partial charge in [0.1, 0.15) is 0 Å². The largest absolute Gasteiger partial charge is 0.389 e. The molecule has 0 aromatic heterocycles. The van der Waals surface area contributed by atoms with Crippen molar-refractivity contribution in [2.45, 2.75) is 43.6 Å². The Bertz CT molecular complexity index is 448. The van der Waals surface area contributed by atoms with E-state index in [2.05, 4.69) is 16.9 Å². The van der Waals surface area contributed by atoms with Crippen molar-refractivity contribution in [3.8, 4) is 0 Å². The first-order valence-corrected chi connectivity index (χ1v) is 8.25. The molecule has 2 amide bonds. The molecule has 110 valence electrons. The summed E-state index contributed by atoms with van der Waals surface area (Å²) < 4.78 is 0. The fourth-order valence-electron chi connectivity index (χ4n) is 2.48. The van der Waals surface area contributed by atoms with E-state index in [0.29, 0.717) is 5.25 Å². The van der Waals surface area contributed by atoms with Crippen LogP contribution >= 0.6 is 11.8 Å². The normalized spacial score (nSPS) is 23.4. The summed E-state index contributed by atoms with van der Waals surface area (Å²) in [6.45, 7) is 1.72. The second kappa shape index (κ2) is 6.99. The number of carbonyl (C=O) groups excluding carboxylic acids is 1. The molecule has 1 fully saturated rings. The van der Waals surface area contributed by atoms with E-state index >= 15 is 0 Å². The summed E-state index contributed by atoms with van der Waals surface area (Å²) in [7, 11) is 0. The Morgan fingerprint density at radius 2 is 2.05 bits per heavy atom. The van der Waals surface area contributed by atoms with Crippen molar-refractivity contribution in [2.24, 2.45) is 0 Å². The van der Waals surface area contributed by atoms with Crippen LogP contribution in [-0.4, -0.2) is 28.7 Å². The molecule has 0 aliphatic heterocycles. The van der Waals surface area contributed by atoms with Gasteiger partial charge < -0.3 is 15.7 Å². The Hall–Kier alpha value is -1.20. The van der Waals surface area contributed by atoms with Gasteiger partial charge in [0.25, 0.3) is 0 Å². The van der Waals surface area contributed by atoms with E-state index in [1.165, 1.54) is 6.42 Å². The third-order valence-electron chi connectivity index (χ3n) is 3.70. The molecule has 20 heavy (non-hydrogen) atoms. The van der Waals surface area contributed by atoms with Crippen molar-refractivity contribution in [3.05, 3.63) is 29.8 Å². The quantitative estimate of drug-likeness (QED) is 0.799. The number of hydrogen-bond donors (Lipinski definition) is 3. The Morgan fingerprint density at radius 3 is 2.60 bits per heavy atom. The summed E-state index contributed by atoms with van der Waals surface area (Å²) >= 11 is 1.88. The summed E-state index contributed by atoms with van der Waals surface area (Å²) in [6, 6.07) is 7.38. The number of amides is 2. The van der Waals surface area contributed by atoms with Crippen molar-refractivity contribution in [1.82, 2.24) is 5.32 Å². The molecule has 0 bridgehead atoms. The maximum Gasteiger partial charge on any atom is 0.319 e. The Morgan fingerprint density at radius 1 is 1.35 bits per heavy atom. The summed E-state index contributed by atoms with van der Waals surface area (Å²) in [6.07, 6.45) is 4.92. The maximum atomic E-state index is 11.9. The lowest BCUT2D eigenvalue weighted by Gasteiger charge is -2.14. The Labute approximate surface area is 124 Å². The van der Waals surface area contributed by atoms with E-state index in [1.54, 1.807) is 19.1 Å². The molecule has 1 aromatic carbocycles. The molecule has 0 radical (unpaired) electrons. The minimum Gasteiger partial charge on any atom is -0.389 e. The predicted octanol–water partition coefficient (Wildman–Crippen LogP) is 3.15. The lowest BCUT2D eigenvalue weighted by Crippen LogP contribution is -2.36. The van der Waals surface area contributed by atoms with Crippen molar-refractivity contribution in [1.29, 1.82) is 0 Å². The molecule has 0 saturated heterocycles. The van der Waals surface area contributed by atoms with Gasteiger partial charge >= 0.3 is 6.03 Å². The van der Waals surface area contributed by atoms with Crippen LogP contribution in [0.5, 0.6) is 0 Å². The highest BCUT2D eigenvalue weighted by molar-refractivity contribution is 7.99. The third-order valence-corrected chi connectivity index (χ3v) is 4.80. The number of aliphatic hydroxyl groups is 1. The molecule has 3 atom stereocenters. The van der Waals surface area contributed by atoms with Crippen LogP contribution < -0.4 is 10.6 Å². The van der Waals surface area contributed by atoms with Crippen LogP contribution in [0.2, 0.25) is 0 Å². The van der Waals surface area contributed by atoms with Gasteiger partial charge in [0.2, 0.25) is 0 Å². The van der Waals surface area contributed by atoms with E-state index in [-0.39, 0.29) is 12.1 Å². The van der Waals surface area contributed by atoms with Crippen molar-refractivity contribution >= 4 is 23.5 Å². The van der Waals surface area contributed by atoms with E-state index < -0.39 is 6.10 Å². The first kappa shape index (κ1) is 15.2. The topological polar surface area (TPSA) is 61.4 Å². The van der Waals surface area contributed by atoms with Crippen LogP contribution in [0.1, 0.15) is 37.9 Å². The highest BCUT2D eigenvalue weighted by Crippen LogP contribution is 2.28. The van der Waals surface area contributed by atoms with Crippen LogP contribution in [0, 0.1) is 0 Å². The zero-order valence-corrected chi connectivity index (χ0v) is 12.7. The minimum absolute atomic E-state index is 0.151. The molecule has 3 unspecified atom stereocenters. The molecule has 1 aliphatic rings. The SMILES string of the molecule is CSC1CCC(NC(=O)Nc2ccc(C(C)O)cc2)C1. The van der Waals surface area contributed by atoms with Crippen LogP contribution in [0.4, 0.5) is 10.5 Å². The van der Waals surface area contributed by atoms with Gasteiger partial charge in [-0.15, -0.1) is 0 Å². The average Bonchev–Trinajstić information content (AvgIpc) is 2.86. The third kappa shape index (κ3) is 4.15. The summed E-state index contributed by atoms with van der Waals surface area (Å²) in [5, 5.41) is 16.0. The standard InChI is InChI=1S/C15H22N2O2S/c1-10(18)11-3-5-12(6-4-11)16-15(19)17-13-7-8-14(9-13)20-2/h3-6,10,13-14,18H,7-9H2,1-2H3,(H2,16,17,19). The van der Waals surface area contributed by atoms with Crippen LogP contribution in [0.3, 0.4) is 0 Å². The second-order valence-electron chi connectivity index (χ2n) is 5.26. The summed E-state index contributed by atoms with van der Waals surface area (Å²) in [5.74, 6) is 0. The molecular weight excluding hydrogens is 272 g/mol. The van der Waals surface area contributed by atoms with Gasteiger partial charge in [0.15, 0.2) is 0 Å². The molecule has 3 N–H and O–H groups in total. The molecule has 2 rings (SSSR count). The van der Waals surface area contributed by atoms with Gasteiger partial charge in [-0.05, 0) is 50.1 Å². The number of carbonyl (C=O) groups is 1. The number of rotatable bonds is 4. The Kier molecular flexibility index (Phi) is 5.31. The van der Waals surface area contributed by atoms with Gasteiger partial charge in [-0.3, -0.25) is 0 Å². The predicted molar refractivity (Wildman–Crippen MR) is 84.2 cm³/mol. The van der Waals surface area contributed by atoms with Gasteiger partial charge in [-0.1, -0.05) is 12.1 Å². The lowest BCUT2D eigenvalue weighted by atomic mass is 10.1. The number of aliphatic hydroxyl groups excluding tert-OH is 1. The monoisotopic (exact) mass is 294 g/mol. The fraction of sp³-hybridized carbons (Fsp3) is 0.533. The van der Waals surface area contributed by atoms with Crippen LogP contribution in [0.15, 0.2) is 24.3 Å². The molecule has 0 spiro atoms. The number of nitrogens with one attached hydrogen (secondary N) is 2. The van der Waals surface area contributed by atoms with E-state index in [4.69, 9.17) is 0 Å². The van der Waals surface area contributed by atoms with Crippen molar-refractivity contribution < 1.29 is 9.90 Å². The number of hydrogen-bond acceptors (Lipinski definition) is 3. The van der Waals surface area contributed by atoms with Crippen LogP contribution in [0.25, 0.3) is 0 Å². The summed E-state index contributed by atoms with van der Waals surface area (Å²) in [4.78, 5) is 11.9. The van der Waals surface area contributed by atoms with Crippen molar-refractivity contribution in [3.63, 3.8) is 0 Å². The molecule has 1 saturated carbocycles. The van der Waals surface area contributed by atoms with Gasteiger partial charge in [0.05, 0.1) is 6.10 Å². The van der Waals surface area contributed by atoms with E-state index in [0.717, 1.165) is 24.1 Å². The fourth-order valence-corrected chi connectivity index (χ4v) is 3.28. The highest BCUT2D eigenvalue weighted by Gasteiger charge is 2.24. The number of thioether (sulfide) groups is 1. The maximum absolute atomic E-state index is 11.9. The first-order valence-electron chi connectivity index (χ1n) is 6.97. The molecule has 1 aromatic rings. The average molecular weight is 294 g/mol. The smallest absolute Gasteiger partial charge is 0.319 e. The highest BCUT2D eigenvalue weighted by atomic mass is 32.2. The zero-order chi connectivity index (χ0) is 14.5. The van der Waals surface area contributed by atoms with Gasteiger partial charge in [0, 0.05) is 17.0 Å². The molecule has 4 nitrogen and oxygen atoms in total. The number of urea groups is 1. The molecule has 1 aliphatic carbocycles. The number of anilines is 1. The van der Waals surface area contributed by atoms with Crippen molar-refractivity contribution in [2.75, 3.05) is 11.6 Å². The van der Waals surface area contributed by atoms with E-state index in [1.807, 2.05) is 23.9 Å². The molecular formula is C15H22N2O2S. The number of benzene rings is 1. The first-order chi connectivity index (χ1) is 9.58. The van der Waals surface area contributed by atoms with Crippen LogP contribution in [-0.2, 0) is 0 Å². The molecule has 0 heterocycles.